The number of benzene rings is 1. The third kappa shape index (κ3) is 1.88. The molecule has 1 N–H and O–H groups in total. The minimum atomic E-state index is 0.0398. The second-order valence-corrected chi connectivity index (χ2v) is 4.84. The molecule has 0 atom stereocenters. The first-order valence-corrected chi connectivity index (χ1v) is 6.20. The number of Topliss-reactive ketones (excluding diaryl/α,β-unsaturated/α-hetero) is 1. The Morgan fingerprint density at radius 2 is 2.06 bits per heavy atom. The molecule has 1 aromatic carbocycles. The first-order chi connectivity index (χ1) is 8.06. The van der Waals surface area contributed by atoms with E-state index in [1.54, 1.807) is 0 Å². The number of fused-ring (bicyclic) bond motifs is 1. The van der Waals surface area contributed by atoms with Gasteiger partial charge in [0, 0.05) is 28.1 Å². The second kappa shape index (κ2) is 4.36. The summed E-state index contributed by atoms with van der Waals surface area (Å²) in [7, 11) is 0. The van der Waals surface area contributed by atoms with Gasteiger partial charge in [-0.3, -0.25) is 4.79 Å². The lowest BCUT2D eigenvalue weighted by Crippen LogP contribution is -2.08. The molecule has 0 saturated heterocycles. The maximum absolute atomic E-state index is 12.2. The van der Waals surface area contributed by atoms with Crippen LogP contribution in [0, 0.1) is 12.8 Å². The summed E-state index contributed by atoms with van der Waals surface area (Å²) < 4.78 is 0. The Balaban J connectivity index is 2.72. The Labute approximate surface area is 102 Å². The molecule has 0 radical (unpaired) electrons. The summed E-state index contributed by atoms with van der Waals surface area (Å²) in [5.74, 6) is 0.264. The molecule has 90 valence electrons. The smallest absolute Gasteiger partial charge is 0.167 e. The van der Waals surface area contributed by atoms with Crippen molar-refractivity contribution in [2.45, 2.75) is 34.1 Å². The average Bonchev–Trinajstić information content (AvgIpc) is 2.63. The summed E-state index contributed by atoms with van der Waals surface area (Å²) >= 11 is 0. The lowest BCUT2D eigenvalue weighted by Gasteiger charge is -2.04. The molecule has 2 nitrogen and oxygen atoms in total. The number of aryl methyl sites for hydroxylation is 2. The highest BCUT2D eigenvalue weighted by atomic mass is 16.1. The van der Waals surface area contributed by atoms with Crippen LogP contribution in [0.15, 0.2) is 18.2 Å². The van der Waals surface area contributed by atoms with E-state index < -0.39 is 0 Å². The summed E-state index contributed by atoms with van der Waals surface area (Å²) in [6.45, 7) is 8.01. The first kappa shape index (κ1) is 11.9. The molecular formula is C15H19NO. The molecular weight excluding hydrogens is 210 g/mol. The van der Waals surface area contributed by atoms with Crippen molar-refractivity contribution in [3.8, 4) is 0 Å². The second-order valence-electron chi connectivity index (χ2n) is 4.84. The fraction of sp³-hybridized carbons (Fsp3) is 0.400. The summed E-state index contributed by atoms with van der Waals surface area (Å²) in [5.41, 5.74) is 4.25. The molecule has 0 unspecified atom stereocenters. The number of aromatic nitrogens is 1. The van der Waals surface area contributed by atoms with Gasteiger partial charge in [-0.05, 0) is 18.9 Å². The van der Waals surface area contributed by atoms with E-state index in [1.807, 2.05) is 32.9 Å². The van der Waals surface area contributed by atoms with E-state index >= 15 is 0 Å². The lowest BCUT2D eigenvalue weighted by molar-refractivity contribution is 0.0940. The molecule has 0 bridgehead atoms. The van der Waals surface area contributed by atoms with Crippen LogP contribution in [0.5, 0.6) is 0 Å². The van der Waals surface area contributed by atoms with E-state index in [9.17, 15) is 4.79 Å². The Kier molecular flexibility index (Phi) is 3.05. The van der Waals surface area contributed by atoms with Crippen LogP contribution in [0.2, 0.25) is 0 Å². The van der Waals surface area contributed by atoms with Crippen molar-refractivity contribution in [3.05, 3.63) is 35.0 Å². The van der Waals surface area contributed by atoms with Crippen LogP contribution in [0.25, 0.3) is 10.9 Å². The molecule has 0 saturated carbocycles. The van der Waals surface area contributed by atoms with E-state index in [-0.39, 0.29) is 11.7 Å². The molecule has 0 fully saturated rings. The third-order valence-electron chi connectivity index (χ3n) is 3.26. The van der Waals surface area contributed by atoms with Gasteiger partial charge in [0.1, 0.15) is 0 Å². The van der Waals surface area contributed by atoms with Crippen molar-refractivity contribution < 1.29 is 4.79 Å². The van der Waals surface area contributed by atoms with E-state index in [0.717, 1.165) is 28.6 Å². The maximum Gasteiger partial charge on any atom is 0.167 e. The van der Waals surface area contributed by atoms with Gasteiger partial charge in [0.05, 0.1) is 0 Å². The number of carbonyl (C=O) groups is 1. The minimum absolute atomic E-state index is 0.0398. The summed E-state index contributed by atoms with van der Waals surface area (Å²) in [4.78, 5) is 15.6. The van der Waals surface area contributed by atoms with Crippen molar-refractivity contribution in [2.24, 2.45) is 5.92 Å². The number of carbonyl (C=O) groups excluding carboxylic acids is 1. The monoisotopic (exact) mass is 229 g/mol. The zero-order valence-corrected chi connectivity index (χ0v) is 10.9. The zero-order valence-electron chi connectivity index (χ0n) is 10.9. The Morgan fingerprint density at radius 3 is 2.65 bits per heavy atom. The molecule has 0 aliphatic carbocycles. The predicted octanol–water partition coefficient (Wildman–Crippen LogP) is 3.88. The Hall–Kier alpha value is -1.57. The number of aromatic amines is 1. The highest BCUT2D eigenvalue weighted by molar-refractivity contribution is 6.10. The number of nitrogens with one attached hydrogen (secondary N) is 1. The normalized spacial score (nSPS) is 11.4. The number of rotatable bonds is 3. The van der Waals surface area contributed by atoms with Crippen LogP contribution in [0.3, 0.4) is 0 Å². The maximum atomic E-state index is 12.2. The van der Waals surface area contributed by atoms with Crippen LogP contribution in [0.4, 0.5) is 0 Å². The van der Waals surface area contributed by atoms with Crippen molar-refractivity contribution in [1.82, 2.24) is 4.98 Å². The van der Waals surface area contributed by atoms with Crippen molar-refractivity contribution in [2.75, 3.05) is 0 Å². The zero-order chi connectivity index (χ0) is 12.6. The van der Waals surface area contributed by atoms with Crippen LogP contribution in [0.1, 0.15) is 42.4 Å². The van der Waals surface area contributed by atoms with Gasteiger partial charge in [0.2, 0.25) is 0 Å². The Bertz CT molecular complexity index is 564. The molecule has 2 heteroatoms. The highest BCUT2D eigenvalue weighted by Gasteiger charge is 2.19. The van der Waals surface area contributed by atoms with Gasteiger partial charge in [0.15, 0.2) is 5.78 Å². The lowest BCUT2D eigenvalue weighted by atomic mass is 9.97. The number of ketones is 1. The van der Waals surface area contributed by atoms with Crippen LogP contribution >= 0.6 is 0 Å². The van der Waals surface area contributed by atoms with Gasteiger partial charge >= 0.3 is 0 Å². The van der Waals surface area contributed by atoms with Crippen LogP contribution < -0.4 is 0 Å². The molecule has 1 aromatic heterocycles. The molecule has 0 aliphatic heterocycles. The van der Waals surface area contributed by atoms with E-state index in [0.29, 0.717) is 0 Å². The van der Waals surface area contributed by atoms with Gasteiger partial charge in [-0.25, -0.2) is 0 Å². The molecule has 0 aliphatic rings. The summed E-state index contributed by atoms with van der Waals surface area (Å²) in [6.07, 6.45) is 0.979. The molecule has 0 amide bonds. The van der Waals surface area contributed by atoms with Crippen LogP contribution in [-0.4, -0.2) is 10.8 Å². The molecule has 2 rings (SSSR count). The summed E-state index contributed by atoms with van der Waals surface area (Å²) in [6, 6.07) is 6.18. The molecule has 0 spiro atoms. The Morgan fingerprint density at radius 1 is 1.35 bits per heavy atom. The van der Waals surface area contributed by atoms with Gasteiger partial charge in [-0.15, -0.1) is 0 Å². The molecule has 2 aromatic rings. The minimum Gasteiger partial charge on any atom is -0.358 e. The van der Waals surface area contributed by atoms with Crippen LogP contribution in [-0.2, 0) is 6.42 Å². The summed E-state index contributed by atoms with van der Waals surface area (Å²) in [5, 5.41) is 1.07. The number of hydrogen-bond acceptors (Lipinski definition) is 1. The molecule has 1 heterocycles. The van der Waals surface area contributed by atoms with Gasteiger partial charge in [-0.1, -0.05) is 39.0 Å². The van der Waals surface area contributed by atoms with Crippen molar-refractivity contribution in [1.29, 1.82) is 0 Å². The largest absolute Gasteiger partial charge is 0.358 e. The van der Waals surface area contributed by atoms with Gasteiger partial charge in [-0.2, -0.15) is 0 Å². The topological polar surface area (TPSA) is 32.9 Å². The van der Waals surface area contributed by atoms with Crippen molar-refractivity contribution >= 4 is 16.7 Å². The average molecular weight is 229 g/mol. The number of para-hydroxylation sites is 1. The third-order valence-corrected chi connectivity index (χ3v) is 3.26. The SMILES string of the molecule is CCc1cccc2c(C(=O)C(C)C)c(C)[nH]c12. The quantitative estimate of drug-likeness (QED) is 0.796. The fourth-order valence-corrected chi connectivity index (χ4v) is 2.31. The van der Waals surface area contributed by atoms with Crippen molar-refractivity contribution in [3.63, 3.8) is 0 Å². The van der Waals surface area contributed by atoms with E-state index in [4.69, 9.17) is 0 Å². The fourth-order valence-electron chi connectivity index (χ4n) is 2.31. The number of hydrogen-bond donors (Lipinski definition) is 1. The highest BCUT2D eigenvalue weighted by Crippen LogP contribution is 2.27. The van der Waals surface area contributed by atoms with Gasteiger partial charge in [0.25, 0.3) is 0 Å². The molecule has 17 heavy (non-hydrogen) atoms. The first-order valence-electron chi connectivity index (χ1n) is 6.20. The van der Waals surface area contributed by atoms with Gasteiger partial charge < -0.3 is 4.98 Å². The number of H-pyrrole nitrogens is 1. The standard InChI is InChI=1S/C15H19NO/c1-5-11-7-6-8-12-13(15(17)9(2)3)10(4)16-14(11)12/h6-9,16H,5H2,1-4H3. The predicted molar refractivity (Wildman–Crippen MR) is 71.6 cm³/mol. The van der Waals surface area contributed by atoms with E-state index in [1.165, 1.54) is 5.56 Å². The van der Waals surface area contributed by atoms with E-state index in [2.05, 4.69) is 18.0 Å².